The fourth-order valence-electron chi connectivity index (χ4n) is 1.89. The van der Waals surface area contributed by atoms with Gasteiger partial charge in [0.05, 0.1) is 0 Å². The van der Waals surface area contributed by atoms with E-state index in [1.54, 1.807) is 11.3 Å². The lowest BCUT2D eigenvalue weighted by Crippen LogP contribution is -2.35. The highest BCUT2D eigenvalue weighted by Gasteiger charge is 2.14. The van der Waals surface area contributed by atoms with Crippen LogP contribution in [0.5, 0.6) is 0 Å². The summed E-state index contributed by atoms with van der Waals surface area (Å²) >= 11 is 1.80. The summed E-state index contributed by atoms with van der Waals surface area (Å²) in [4.78, 5) is 3.84. The normalized spacial score (nSPS) is 22.6. The Morgan fingerprint density at radius 1 is 1.53 bits per heavy atom. The van der Waals surface area contributed by atoms with Crippen molar-refractivity contribution in [1.29, 1.82) is 0 Å². The summed E-state index contributed by atoms with van der Waals surface area (Å²) in [6.45, 7) is 4.45. The van der Waals surface area contributed by atoms with Crippen molar-refractivity contribution in [3.05, 3.63) is 40.6 Å². The van der Waals surface area contributed by atoms with Crippen LogP contribution in [0, 0.1) is 0 Å². The van der Waals surface area contributed by atoms with E-state index < -0.39 is 0 Å². The summed E-state index contributed by atoms with van der Waals surface area (Å²) in [5, 5.41) is 2.12. The van der Waals surface area contributed by atoms with Crippen LogP contribution in [0.2, 0.25) is 0 Å². The third-order valence-corrected chi connectivity index (χ3v) is 3.62. The molecule has 2 heterocycles. The van der Waals surface area contributed by atoms with E-state index >= 15 is 0 Å². The molecule has 0 aliphatic carbocycles. The average molecular weight is 219 g/mol. The van der Waals surface area contributed by atoms with E-state index in [1.807, 2.05) is 0 Å². The number of nitrogens with zero attached hydrogens (tertiary/aromatic N) is 1. The molecule has 0 N–H and O–H groups in total. The second kappa shape index (κ2) is 5.29. The molecule has 1 nitrogen and oxygen atoms in total. The van der Waals surface area contributed by atoms with Gasteiger partial charge in [0.25, 0.3) is 0 Å². The summed E-state index contributed by atoms with van der Waals surface area (Å²) in [6, 6.07) is 4.85. The minimum Gasteiger partial charge on any atom is -0.293 e. The molecule has 0 bridgehead atoms. The number of thiophene rings is 1. The molecule has 1 aromatic heterocycles. The first-order chi connectivity index (χ1) is 7.40. The van der Waals surface area contributed by atoms with Gasteiger partial charge in [0, 0.05) is 17.5 Å². The second-order valence-electron chi connectivity index (χ2n) is 3.74. The standard InChI is InChI=1S/C13H17NS/c1-2-14-10-4-3-6-12(14)8-9-13-7-5-11-15-13/h3-5,7-9,11-12H,2,6,10H2,1H3/b9-8+. The molecule has 0 aromatic carbocycles. The molecule has 0 saturated carbocycles. The van der Waals surface area contributed by atoms with E-state index in [4.69, 9.17) is 0 Å². The summed E-state index contributed by atoms with van der Waals surface area (Å²) in [6.07, 6.45) is 10.3. The maximum absolute atomic E-state index is 2.49. The van der Waals surface area contributed by atoms with Gasteiger partial charge in [0.15, 0.2) is 0 Å². The topological polar surface area (TPSA) is 3.24 Å². The van der Waals surface area contributed by atoms with Crippen LogP contribution >= 0.6 is 11.3 Å². The van der Waals surface area contributed by atoms with Crippen LogP contribution in [0.4, 0.5) is 0 Å². The maximum Gasteiger partial charge on any atom is 0.0319 e. The summed E-state index contributed by atoms with van der Waals surface area (Å²) in [5.74, 6) is 0. The highest BCUT2D eigenvalue weighted by molar-refractivity contribution is 7.10. The molecule has 1 aliphatic heterocycles. The molecule has 1 aromatic rings. The van der Waals surface area contributed by atoms with Gasteiger partial charge in [0.1, 0.15) is 0 Å². The van der Waals surface area contributed by atoms with Gasteiger partial charge in [-0.25, -0.2) is 0 Å². The molecule has 2 heteroatoms. The molecule has 80 valence electrons. The van der Waals surface area contributed by atoms with E-state index in [0.717, 1.165) is 19.5 Å². The Kier molecular flexibility index (Phi) is 3.75. The first kappa shape index (κ1) is 10.7. The summed E-state index contributed by atoms with van der Waals surface area (Å²) < 4.78 is 0. The highest BCUT2D eigenvalue weighted by atomic mass is 32.1. The zero-order valence-electron chi connectivity index (χ0n) is 9.10. The van der Waals surface area contributed by atoms with Crippen LogP contribution in [0.25, 0.3) is 6.08 Å². The Morgan fingerprint density at radius 2 is 2.47 bits per heavy atom. The maximum atomic E-state index is 2.49. The van der Waals surface area contributed by atoms with Crippen molar-refractivity contribution in [1.82, 2.24) is 4.90 Å². The predicted molar refractivity (Wildman–Crippen MR) is 68.1 cm³/mol. The Morgan fingerprint density at radius 3 is 3.20 bits per heavy atom. The zero-order chi connectivity index (χ0) is 10.5. The van der Waals surface area contributed by atoms with Crippen molar-refractivity contribution in [2.24, 2.45) is 0 Å². The monoisotopic (exact) mass is 219 g/mol. The van der Waals surface area contributed by atoms with Crippen LogP contribution in [-0.2, 0) is 0 Å². The van der Waals surface area contributed by atoms with Crippen molar-refractivity contribution in [2.75, 3.05) is 13.1 Å². The van der Waals surface area contributed by atoms with Gasteiger partial charge in [-0.1, -0.05) is 31.2 Å². The lowest BCUT2D eigenvalue weighted by atomic mass is 10.1. The van der Waals surface area contributed by atoms with Crippen molar-refractivity contribution >= 4 is 17.4 Å². The second-order valence-corrected chi connectivity index (χ2v) is 4.72. The van der Waals surface area contributed by atoms with E-state index in [2.05, 4.69) is 53.6 Å². The fourth-order valence-corrected chi connectivity index (χ4v) is 2.51. The fraction of sp³-hybridized carbons (Fsp3) is 0.385. The molecule has 0 radical (unpaired) electrons. The van der Waals surface area contributed by atoms with Crippen LogP contribution in [0.3, 0.4) is 0 Å². The van der Waals surface area contributed by atoms with Gasteiger partial charge in [0.2, 0.25) is 0 Å². The van der Waals surface area contributed by atoms with Gasteiger partial charge in [-0.3, -0.25) is 4.90 Å². The number of hydrogen-bond acceptors (Lipinski definition) is 2. The minimum absolute atomic E-state index is 0.585. The molecule has 0 amide bonds. The molecule has 2 rings (SSSR count). The minimum atomic E-state index is 0.585. The lowest BCUT2D eigenvalue weighted by Gasteiger charge is -2.29. The zero-order valence-corrected chi connectivity index (χ0v) is 9.91. The molecular weight excluding hydrogens is 202 g/mol. The average Bonchev–Trinajstić information content (AvgIpc) is 2.79. The number of rotatable bonds is 3. The molecular formula is C13H17NS. The van der Waals surface area contributed by atoms with Crippen molar-refractivity contribution in [2.45, 2.75) is 19.4 Å². The van der Waals surface area contributed by atoms with Crippen LogP contribution in [-0.4, -0.2) is 24.0 Å². The van der Waals surface area contributed by atoms with Gasteiger partial charge in [-0.05, 0) is 30.5 Å². The van der Waals surface area contributed by atoms with E-state index in [1.165, 1.54) is 4.88 Å². The summed E-state index contributed by atoms with van der Waals surface area (Å²) in [5.41, 5.74) is 0. The Labute approximate surface area is 95.7 Å². The molecule has 0 spiro atoms. The van der Waals surface area contributed by atoms with Crippen molar-refractivity contribution in [3.8, 4) is 0 Å². The van der Waals surface area contributed by atoms with Crippen LogP contribution in [0.15, 0.2) is 35.7 Å². The smallest absolute Gasteiger partial charge is 0.0319 e. The first-order valence-corrected chi connectivity index (χ1v) is 6.39. The lowest BCUT2D eigenvalue weighted by molar-refractivity contribution is 0.258. The van der Waals surface area contributed by atoms with Crippen molar-refractivity contribution < 1.29 is 0 Å². The summed E-state index contributed by atoms with van der Waals surface area (Å²) in [7, 11) is 0. The quantitative estimate of drug-likeness (QED) is 0.704. The molecule has 15 heavy (non-hydrogen) atoms. The first-order valence-electron chi connectivity index (χ1n) is 5.51. The van der Waals surface area contributed by atoms with Gasteiger partial charge in [-0.2, -0.15) is 0 Å². The van der Waals surface area contributed by atoms with Gasteiger partial charge >= 0.3 is 0 Å². The number of likely N-dealkylation sites (N-methyl/N-ethyl adjacent to an activating group) is 1. The Balaban J connectivity index is 2.01. The molecule has 1 aliphatic rings. The van der Waals surface area contributed by atoms with E-state index in [0.29, 0.717) is 6.04 Å². The van der Waals surface area contributed by atoms with Crippen LogP contribution < -0.4 is 0 Å². The van der Waals surface area contributed by atoms with Gasteiger partial charge in [-0.15, -0.1) is 11.3 Å². The van der Waals surface area contributed by atoms with E-state index in [9.17, 15) is 0 Å². The van der Waals surface area contributed by atoms with Crippen LogP contribution in [0.1, 0.15) is 18.2 Å². The Bertz CT molecular complexity index is 337. The highest BCUT2D eigenvalue weighted by Crippen LogP contribution is 2.16. The third kappa shape index (κ3) is 2.80. The predicted octanol–water partition coefficient (Wildman–Crippen LogP) is 3.41. The number of hydrogen-bond donors (Lipinski definition) is 0. The molecule has 0 saturated heterocycles. The third-order valence-electron chi connectivity index (χ3n) is 2.79. The van der Waals surface area contributed by atoms with E-state index in [-0.39, 0.29) is 0 Å². The molecule has 1 unspecified atom stereocenters. The SMILES string of the molecule is CCN1CC=CCC1/C=C/c1cccs1. The Hall–Kier alpha value is -0.860. The largest absolute Gasteiger partial charge is 0.293 e. The molecule has 1 atom stereocenters. The van der Waals surface area contributed by atoms with Crippen molar-refractivity contribution in [3.63, 3.8) is 0 Å². The van der Waals surface area contributed by atoms with Gasteiger partial charge < -0.3 is 0 Å². The molecule has 0 fully saturated rings.